The first-order valence-electron chi connectivity index (χ1n) is 8.06. The van der Waals surface area contributed by atoms with Crippen LogP contribution >= 0.6 is 0 Å². The van der Waals surface area contributed by atoms with Crippen LogP contribution in [0.3, 0.4) is 0 Å². The fraction of sp³-hybridized carbons (Fsp3) is 0.389. The van der Waals surface area contributed by atoms with Crippen LogP contribution in [0.4, 0.5) is 10.2 Å². The van der Waals surface area contributed by atoms with Crippen LogP contribution in [0, 0.1) is 18.7 Å². The molecule has 24 heavy (non-hydrogen) atoms. The molecule has 2 rings (SSSR count). The molecule has 0 aliphatic carbocycles. The predicted molar refractivity (Wildman–Crippen MR) is 92.5 cm³/mol. The zero-order valence-corrected chi connectivity index (χ0v) is 14.3. The molecule has 128 valence electrons. The van der Waals surface area contributed by atoms with E-state index in [4.69, 9.17) is 0 Å². The lowest BCUT2D eigenvalue weighted by atomic mass is 10.1. The van der Waals surface area contributed by atoms with Crippen LogP contribution in [0.5, 0.6) is 0 Å². The van der Waals surface area contributed by atoms with E-state index < -0.39 is 0 Å². The number of aryl methyl sites for hydroxylation is 1. The third-order valence-corrected chi connectivity index (χ3v) is 3.37. The topological polar surface area (TPSA) is 66.9 Å². The summed E-state index contributed by atoms with van der Waals surface area (Å²) in [4.78, 5) is 20.6. The highest BCUT2D eigenvalue weighted by Crippen LogP contribution is 2.08. The fourth-order valence-corrected chi connectivity index (χ4v) is 2.15. The van der Waals surface area contributed by atoms with Gasteiger partial charge in [0.25, 0.3) is 5.91 Å². The van der Waals surface area contributed by atoms with Crippen molar-refractivity contribution in [2.45, 2.75) is 27.2 Å². The maximum atomic E-state index is 12.9. The molecule has 0 fully saturated rings. The summed E-state index contributed by atoms with van der Waals surface area (Å²) in [6.45, 7) is 7.07. The molecule has 0 spiro atoms. The molecule has 0 bridgehead atoms. The quantitative estimate of drug-likeness (QED) is 0.819. The molecular weight excluding hydrogens is 307 g/mol. The second kappa shape index (κ2) is 8.38. The average molecular weight is 330 g/mol. The van der Waals surface area contributed by atoms with E-state index in [2.05, 4.69) is 20.6 Å². The Labute approximate surface area is 141 Å². The largest absolute Gasteiger partial charge is 0.370 e. The molecule has 2 aromatic rings. The molecule has 0 atom stereocenters. The van der Waals surface area contributed by atoms with E-state index in [1.165, 1.54) is 12.1 Å². The summed E-state index contributed by atoms with van der Waals surface area (Å²) < 4.78 is 12.9. The van der Waals surface area contributed by atoms with Crippen LogP contribution in [0.25, 0.3) is 0 Å². The van der Waals surface area contributed by atoms with Crippen LogP contribution in [0.15, 0.2) is 30.3 Å². The van der Waals surface area contributed by atoms with Crippen molar-refractivity contribution in [1.29, 1.82) is 0 Å². The van der Waals surface area contributed by atoms with Gasteiger partial charge in [-0.1, -0.05) is 26.0 Å². The minimum absolute atomic E-state index is 0.198. The predicted octanol–water partition coefficient (Wildman–Crippen LogP) is 2.96. The lowest BCUT2D eigenvalue weighted by molar-refractivity contribution is 0.0943. The third-order valence-electron chi connectivity index (χ3n) is 3.37. The van der Waals surface area contributed by atoms with Crippen LogP contribution in [-0.2, 0) is 6.42 Å². The molecular formula is C18H23FN4O. The zero-order chi connectivity index (χ0) is 17.5. The van der Waals surface area contributed by atoms with E-state index in [0.717, 1.165) is 12.0 Å². The Morgan fingerprint density at radius 2 is 1.92 bits per heavy atom. The molecule has 1 heterocycles. The van der Waals surface area contributed by atoms with Gasteiger partial charge in [0.1, 0.15) is 23.2 Å². The van der Waals surface area contributed by atoms with Crippen molar-refractivity contribution >= 4 is 11.7 Å². The van der Waals surface area contributed by atoms with E-state index in [0.29, 0.717) is 36.3 Å². The number of nitrogens with one attached hydrogen (secondary N) is 2. The highest BCUT2D eigenvalue weighted by Gasteiger charge is 2.10. The van der Waals surface area contributed by atoms with Gasteiger partial charge >= 0.3 is 0 Å². The van der Waals surface area contributed by atoms with Crippen LogP contribution in [0.2, 0.25) is 0 Å². The Hall–Kier alpha value is -2.50. The summed E-state index contributed by atoms with van der Waals surface area (Å²) in [6.07, 6.45) is 0.734. The highest BCUT2D eigenvalue weighted by atomic mass is 19.1. The van der Waals surface area contributed by atoms with Crippen LogP contribution in [0.1, 0.15) is 35.7 Å². The van der Waals surface area contributed by atoms with Gasteiger partial charge in [0.2, 0.25) is 0 Å². The third kappa shape index (κ3) is 5.61. The van der Waals surface area contributed by atoms with E-state index >= 15 is 0 Å². The lowest BCUT2D eigenvalue weighted by Gasteiger charge is -2.10. The Kier molecular flexibility index (Phi) is 6.23. The van der Waals surface area contributed by atoms with Crippen LogP contribution < -0.4 is 10.6 Å². The van der Waals surface area contributed by atoms with Gasteiger partial charge in [0, 0.05) is 19.2 Å². The number of anilines is 1. The SMILES string of the molecule is Cc1nc(NCCc2ccc(F)cc2)cc(C(=O)NCC(C)C)n1. The Balaban J connectivity index is 1.95. The smallest absolute Gasteiger partial charge is 0.270 e. The van der Waals surface area contributed by atoms with Gasteiger partial charge in [-0.15, -0.1) is 0 Å². The number of carbonyl (C=O) groups is 1. The van der Waals surface area contributed by atoms with Crippen molar-refractivity contribution in [3.05, 3.63) is 53.2 Å². The van der Waals surface area contributed by atoms with Crippen molar-refractivity contribution in [2.75, 3.05) is 18.4 Å². The van der Waals surface area contributed by atoms with E-state index in [9.17, 15) is 9.18 Å². The van der Waals surface area contributed by atoms with E-state index in [-0.39, 0.29) is 11.7 Å². The maximum Gasteiger partial charge on any atom is 0.270 e. The summed E-state index contributed by atoms with van der Waals surface area (Å²) in [5.41, 5.74) is 1.39. The van der Waals surface area contributed by atoms with Crippen LogP contribution in [-0.4, -0.2) is 29.0 Å². The van der Waals surface area contributed by atoms with Gasteiger partial charge in [-0.25, -0.2) is 14.4 Å². The van der Waals surface area contributed by atoms with E-state index in [1.54, 1.807) is 25.1 Å². The number of hydrogen-bond acceptors (Lipinski definition) is 4. The number of hydrogen-bond donors (Lipinski definition) is 2. The molecule has 5 nitrogen and oxygen atoms in total. The van der Waals surface area contributed by atoms with Gasteiger partial charge in [-0.05, 0) is 37.0 Å². The monoisotopic (exact) mass is 330 g/mol. The van der Waals surface area contributed by atoms with Crippen molar-refractivity contribution in [3.8, 4) is 0 Å². The summed E-state index contributed by atoms with van der Waals surface area (Å²) in [6, 6.07) is 8.05. The summed E-state index contributed by atoms with van der Waals surface area (Å²) in [7, 11) is 0. The second-order valence-corrected chi connectivity index (χ2v) is 6.09. The molecule has 0 saturated carbocycles. The number of carbonyl (C=O) groups excluding carboxylic acids is 1. The molecule has 0 unspecified atom stereocenters. The second-order valence-electron chi connectivity index (χ2n) is 6.09. The standard InChI is InChI=1S/C18H23FN4O/c1-12(2)11-21-18(24)16-10-17(23-13(3)22-16)20-9-8-14-4-6-15(19)7-5-14/h4-7,10,12H,8-9,11H2,1-3H3,(H,21,24)(H,20,22,23). The van der Waals surface area contributed by atoms with Gasteiger partial charge in [0.15, 0.2) is 0 Å². The minimum atomic E-state index is -0.241. The van der Waals surface area contributed by atoms with Gasteiger partial charge < -0.3 is 10.6 Å². The van der Waals surface area contributed by atoms with Gasteiger partial charge in [0.05, 0.1) is 0 Å². The first-order valence-corrected chi connectivity index (χ1v) is 8.06. The summed E-state index contributed by atoms with van der Waals surface area (Å²) >= 11 is 0. The normalized spacial score (nSPS) is 10.7. The molecule has 0 aliphatic rings. The number of rotatable bonds is 7. The molecule has 1 aromatic heterocycles. The number of amides is 1. The maximum absolute atomic E-state index is 12.9. The molecule has 6 heteroatoms. The first kappa shape index (κ1) is 17.8. The highest BCUT2D eigenvalue weighted by molar-refractivity contribution is 5.92. The van der Waals surface area contributed by atoms with Crippen molar-refractivity contribution < 1.29 is 9.18 Å². The fourth-order valence-electron chi connectivity index (χ4n) is 2.15. The molecule has 2 N–H and O–H groups in total. The van der Waals surface area contributed by atoms with Gasteiger partial charge in [-0.3, -0.25) is 4.79 Å². The van der Waals surface area contributed by atoms with Crippen molar-refractivity contribution in [3.63, 3.8) is 0 Å². The lowest BCUT2D eigenvalue weighted by Crippen LogP contribution is -2.28. The van der Waals surface area contributed by atoms with E-state index in [1.807, 2.05) is 13.8 Å². The molecule has 1 amide bonds. The number of halogens is 1. The molecule has 0 aliphatic heterocycles. The summed E-state index contributed by atoms with van der Waals surface area (Å²) in [5, 5.41) is 6.03. The van der Waals surface area contributed by atoms with Crippen molar-refractivity contribution in [1.82, 2.24) is 15.3 Å². The Bertz CT molecular complexity index is 686. The Morgan fingerprint density at radius 1 is 1.21 bits per heavy atom. The zero-order valence-electron chi connectivity index (χ0n) is 14.3. The molecule has 1 aromatic carbocycles. The number of aromatic nitrogens is 2. The number of benzene rings is 1. The molecule has 0 saturated heterocycles. The first-order chi connectivity index (χ1) is 11.4. The molecule has 0 radical (unpaired) electrons. The van der Waals surface area contributed by atoms with Gasteiger partial charge in [-0.2, -0.15) is 0 Å². The summed E-state index contributed by atoms with van der Waals surface area (Å²) in [5.74, 6) is 1.09. The Morgan fingerprint density at radius 3 is 2.58 bits per heavy atom. The van der Waals surface area contributed by atoms with Crippen molar-refractivity contribution in [2.24, 2.45) is 5.92 Å². The average Bonchev–Trinajstić information content (AvgIpc) is 2.54. The minimum Gasteiger partial charge on any atom is -0.370 e. The number of nitrogens with zero attached hydrogens (tertiary/aromatic N) is 2.